The topological polar surface area (TPSA) is 21.3 Å². The number of hydrogen-bond acceptors (Lipinski definition) is 2. The molecule has 0 saturated carbocycles. The lowest BCUT2D eigenvalue weighted by atomic mass is 10.1. The Balaban J connectivity index is 2.61. The molecule has 0 aliphatic rings. The second-order valence-electron chi connectivity index (χ2n) is 5.47. The largest absolute Gasteiger partial charge is 0.490 e. The molecule has 1 aromatic carbocycles. The molecule has 1 N–H and O–H groups in total. The molecule has 0 heterocycles. The van der Waals surface area contributed by atoms with Gasteiger partial charge in [0, 0.05) is 16.1 Å². The third-order valence-corrected chi connectivity index (χ3v) is 4.16. The Hall–Kier alpha value is -0.540. The number of ether oxygens (including phenoxy) is 1. The van der Waals surface area contributed by atoms with Gasteiger partial charge in [0.2, 0.25) is 0 Å². The van der Waals surface area contributed by atoms with E-state index in [9.17, 15) is 0 Å². The van der Waals surface area contributed by atoms with Crippen molar-refractivity contribution in [3.63, 3.8) is 0 Å². The van der Waals surface area contributed by atoms with Crippen molar-refractivity contribution in [1.82, 2.24) is 5.32 Å². The van der Waals surface area contributed by atoms with Crippen molar-refractivity contribution < 1.29 is 4.74 Å². The minimum atomic E-state index is 0.274. The second-order valence-corrected chi connectivity index (χ2v) is 6.39. The fourth-order valence-corrected chi connectivity index (χ4v) is 2.63. The SMILES string of the molecule is CCCCCCC(C)Oc1ccc(Br)cc1C(C)NC. The van der Waals surface area contributed by atoms with E-state index >= 15 is 0 Å². The molecule has 0 saturated heterocycles. The molecule has 0 aromatic heterocycles. The Bertz CT molecular complexity index is 395. The smallest absolute Gasteiger partial charge is 0.124 e. The van der Waals surface area contributed by atoms with Crippen LogP contribution >= 0.6 is 15.9 Å². The lowest BCUT2D eigenvalue weighted by Crippen LogP contribution is -2.17. The van der Waals surface area contributed by atoms with Gasteiger partial charge >= 0.3 is 0 Å². The summed E-state index contributed by atoms with van der Waals surface area (Å²) in [5, 5.41) is 3.28. The van der Waals surface area contributed by atoms with E-state index in [0.29, 0.717) is 0 Å². The van der Waals surface area contributed by atoms with Crippen molar-refractivity contribution in [2.45, 2.75) is 65.0 Å². The lowest BCUT2D eigenvalue weighted by Gasteiger charge is -2.20. The van der Waals surface area contributed by atoms with Gasteiger partial charge in [-0.15, -0.1) is 0 Å². The van der Waals surface area contributed by atoms with Crippen molar-refractivity contribution >= 4 is 15.9 Å². The van der Waals surface area contributed by atoms with Crippen LogP contribution in [-0.4, -0.2) is 13.2 Å². The van der Waals surface area contributed by atoms with Crippen molar-refractivity contribution in [3.05, 3.63) is 28.2 Å². The molecule has 0 amide bonds. The maximum Gasteiger partial charge on any atom is 0.124 e. The van der Waals surface area contributed by atoms with Crippen LogP contribution in [0.2, 0.25) is 0 Å². The van der Waals surface area contributed by atoms with Crippen LogP contribution in [0.15, 0.2) is 22.7 Å². The molecule has 2 unspecified atom stereocenters. The maximum atomic E-state index is 6.14. The Morgan fingerprint density at radius 3 is 2.60 bits per heavy atom. The van der Waals surface area contributed by atoms with Gasteiger partial charge < -0.3 is 10.1 Å². The zero-order valence-electron chi connectivity index (χ0n) is 13.2. The van der Waals surface area contributed by atoms with Crippen LogP contribution in [0.5, 0.6) is 5.75 Å². The van der Waals surface area contributed by atoms with Crippen LogP contribution in [-0.2, 0) is 0 Å². The molecule has 2 atom stereocenters. The molecule has 1 rings (SSSR count). The van der Waals surface area contributed by atoms with E-state index < -0.39 is 0 Å². The van der Waals surface area contributed by atoms with Crippen molar-refractivity contribution in [2.75, 3.05) is 7.05 Å². The Kier molecular flexibility index (Phi) is 8.24. The molecule has 3 heteroatoms. The van der Waals surface area contributed by atoms with Gasteiger partial charge in [-0.3, -0.25) is 0 Å². The number of halogens is 1. The maximum absolute atomic E-state index is 6.14. The number of hydrogen-bond donors (Lipinski definition) is 1. The van der Waals surface area contributed by atoms with E-state index in [-0.39, 0.29) is 12.1 Å². The lowest BCUT2D eigenvalue weighted by molar-refractivity contribution is 0.203. The van der Waals surface area contributed by atoms with Crippen LogP contribution in [0.1, 0.15) is 64.5 Å². The van der Waals surface area contributed by atoms with Crippen LogP contribution in [0.25, 0.3) is 0 Å². The van der Waals surface area contributed by atoms with Crippen LogP contribution in [0, 0.1) is 0 Å². The zero-order chi connectivity index (χ0) is 15.0. The van der Waals surface area contributed by atoms with Crippen molar-refractivity contribution in [1.29, 1.82) is 0 Å². The summed E-state index contributed by atoms with van der Waals surface area (Å²) in [5.74, 6) is 0.998. The molecule has 0 aliphatic heterocycles. The Morgan fingerprint density at radius 2 is 1.95 bits per heavy atom. The molecule has 0 radical (unpaired) electrons. The second kappa shape index (κ2) is 9.41. The summed E-state index contributed by atoms with van der Waals surface area (Å²) in [6.45, 7) is 6.57. The fourth-order valence-electron chi connectivity index (χ4n) is 2.25. The average molecular weight is 342 g/mol. The fraction of sp³-hybridized carbons (Fsp3) is 0.647. The average Bonchev–Trinajstić information content (AvgIpc) is 2.44. The summed E-state index contributed by atoms with van der Waals surface area (Å²) in [5.41, 5.74) is 1.21. The monoisotopic (exact) mass is 341 g/mol. The standard InChI is InChI=1S/C17H28BrNO/c1-5-6-7-8-9-13(2)20-17-11-10-15(18)12-16(17)14(3)19-4/h10-14,19H,5-9H2,1-4H3. The molecular weight excluding hydrogens is 314 g/mol. The molecule has 0 aliphatic carbocycles. The highest BCUT2D eigenvalue weighted by Crippen LogP contribution is 2.29. The number of nitrogens with one attached hydrogen (secondary N) is 1. The zero-order valence-corrected chi connectivity index (χ0v) is 14.8. The molecule has 0 bridgehead atoms. The summed E-state index contributed by atoms with van der Waals surface area (Å²) >= 11 is 3.54. The number of unbranched alkanes of at least 4 members (excludes halogenated alkanes) is 3. The summed E-state index contributed by atoms with van der Waals surface area (Å²) in [4.78, 5) is 0. The Labute approximate surface area is 132 Å². The van der Waals surface area contributed by atoms with Gasteiger partial charge in [-0.2, -0.15) is 0 Å². The third-order valence-electron chi connectivity index (χ3n) is 3.66. The highest BCUT2D eigenvalue weighted by atomic mass is 79.9. The first-order valence-electron chi connectivity index (χ1n) is 7.71. The van der Waals surface area contributed by atoms with Gasteiger partial charge in [0.25, 0.3) is 0 Å². The summed E-state index contributed by atoms with van der Waals surface area (Å²) < 4.78 is 7.24. The first kappa shape index (κ1) is 17.5. The van der Waals surface area contributed by atoms with Gasteiger partial charge in [0.15, 0.2) is 0 Å². The van der Waals surface area contributed by atoms with E-state index in [1.165, 1.54) is 31.2 Å². The predicted octanol–water partition coefficient (Wildman–Crippen LogP) is 5.47. The first-order chi connectivity index (χ1) is 9.58. The third kappa shape index (κ3) is 5.84. The molecule has 0 spiro atoms. The number of benzene rings is 1. The van der Waals surface area contributed by atoms with Crippen LogP contribution < -0.4 is 10.1 Å². The van der Waals surface area contributed by atoms with Gasteiger partial charge in [0.05, 0.1) is 6.10 Å². The van der Waals surface area contributed by atoms with Gasteiger partial charge in [-0.1, -0.05) is 42.1 Å². The minimum absolute atomic E-state index is 0.274. The minimum Gasteiger partial charge on any atom is -0.490 e. The summed E-state index contributed by atoms with van der Waals surface area (Å²) in [7, 11) is 1.98. The van der Waals surface area contributed by atoms with Gasteiger partial charge in [0.1, 0.15) is 5.75 Å². The summed E-state index contributed by atoms with van der Waals surface area (Å²) in [6, 6.07) is 6.54. The molecule has 2 nitrogen and oxygen atoms in total. The molecule has 20 heavy (non-hydrogen) atoms. The number of rotatable bonds is 9. The van der Waals surface area contributed by atoms with Crippen molar-refractivity contribution in [3.8, 4) is 5.75 Å². The van der Waals surface area contributed by atoms with E-state index in [1.54, 1.807) is 0 Å². The highest BCUT2D eigenvalue weighted by molar-refractivity contribution is 9.10. The quantitative estimate of drug-likeness (QED) is 0.601. The normalized spacial score (nSPS) is 14.1. The molecule has 114 valence electrons. The van der Waals surface area contributed by atoms with E-state index in [4.69, 9.17) is 4.74 Å². The summed E-state index contributed by atoms with van der Waals surface area (Å²) in [6.07, 6.45) is 6.57. The van der Waals surface area contributed by atoms with Crippen molar-refractivity contribution in [2.24, 2.45) is 0 Å². The highest BCUT2D eigenvalue weighted by Gasteiger charge is 2.13. The van der Waals surface area contributed by atoms with E-state index in [1.807, 2.05) is 13.1 Å². The molecule has 0 fully saturated rings. The molecular formula is C17H28BrNO. The van der Waals surface area contributed by atoms with Crippen LogP contribution in [0.4, 0.5) is 0 Å². The van der Waals surface area contributed by atoms with E-state index in [0.717, 1.165) is 16.6 Å². The predicted molar refractivity (Wildman–Crippen MR) is 90.5 cm³/mol. The Morgan fingerprint density at radius 1 is 1.20 bits per heavy atom. The van der Waals surface area contributed by atoms with E-state index in [2.05, 4.69) is 54.2 Å². The molecule has 1 aromatic rings. The van der Waals surface area contributed by atoms with Gasteiger partial charge in [-0.25, -0.2) is 0 Å². The first-order valence-corrected chi connectivity index (χ1v) is 8.51. The van der Waals surface area contributed by atoms with Gasteiger partial charge in [-0.05, 0) is 51.9 Å². The van der Waals surface area contributed by atoms with Crippen LogP contribution in [0.3, 0.4) is 0 Å².